The lowest BCUT2D eigenvalue weighted by Crippen LogP contribution is -2.37. The maximum Gasteiger partial charge on any atom is 0.288 e. The van der Waals surface area contributed by atoms with Crippen molar-refractivity contribution in [3.05, 3.63) is 48.0 Å². The fourth-order valence-corrected chi connectivity index (χ4v) is 3.48. The molecular formula is C18H19F2N3OS. The normalized spacial score (nSPS) is 13.6. The minimum absolute atomic E-state index is 0.149. The van der Waals surface area contributed by atoms with Gasteiger partial charge < -0.3 is 16.0 Å². The van der Waals surface area contributed by atoms with Crippen LogP contribution >= 0.6 is 11.8 Å². The number of rotatable bonds is 5. The third-order valence-corrected chi connectivity index (χ3v) is 4.80. The summed E-state index contributed by atoms with van der Waals surface area (Å²) < 4.78 is 24.6. The van der Waals surface area contributed by atoms with Crippen LogP contribution in [0.3, 0.4) is 0 Å². The number of halogens is 2. The molecule has 0 aliphatic carbocycles. The average molecular weight is 363 g/mol. The molecule has 0 aromatic heterocycles. The number of benzene rings is 2. The van der Waals surface area contributed by atoms with Crippen LogP contribution in [0.5, 0.6) is 0 Å². The molecule has 0 bridgehead atoms. The molecule has 0 saturated carbocycles. The second-order valence-corrected chi connectivity index (χ2v) is 6.88. The summed E-state index contributed by atoms with van der Waals surface area (Å²) in [5.41, 5.74) is 9.47. The number of amides is 1. The van der Waals surface area contributed by atoms with Gasteiger partial charge in [0.2, 0.25) is 5.91 Å². The van der Waals surface area contributed by atoms with E-state index in [9.17, 15) is 13.6 Å². The lowest BCUT2D eigenvalue weighted by molar-refractivity contribution is -0.115. The van der Waals surface area contributed by atoms with Crippen LogP contribution in [0.2, 0.25) is 0 Å². The number of nitrogens with two attached hydrogens (primary N) is 1. The third kappa shape index (κ3) is 4.42. The van der Waals surface area contributed by atoms with E-state index in [1.165, 1.54) is 0 Å². The highest BCUT2D eigenvalue weighted by atomic mass is 32.2. The van der Waals surface area contributed by atoms with Crippen LogP contribution in [0, 0.1) is 0 Å². The van der Waals surface area contributed by atoms with Gasteiger partial charge in [0.05, 0.1) is 6.54 Å². The maximum atomic E-state index is 12.3. The van der Waals surface area contributed by atoms with Gasteiger partial charge in [0.25, 0.3) is 5.76 Å². The lowest BCUT2D eigenvalue weighted by Gasteiger charge is -2.31. The largest absolute Gasteiger partial charge is 0.398 e. The van der Waals surface area contributed by atoms with Crippen LogP contribution in [-0.4, -0.2) is 24.8 Å². The number of thioether (sulfide) groups is 1. The fraction of sp³-hybridized carbons (Fsp3) is 0.278. The Labute approximate surface area is 149 Å². The Hall–Kier alpha value is -2.28. The Kier molecular flexibility index (Phi) is 5.43. The average Bonchev–Trinajstić information content (AvgIpc) is 2.57. The number of hydrogen-bond acceptors (Lipinski definition) is 4. The van der Waals surface area contributed by atoms with Gasteiger partial charge in [-0.1, -0.05) is 17.8 Å². The summed E-state index contributed by atoms with van der Waals surface area (Å²) in [6.45, 7) is 1.03. The highest BCUT2D eigenvalue weighted by Gasteiger charge is 2.20. The summed E-state index contributed by atoms with van der Waals surface area (Å²) in [6.07, 6.45) is 1.87. The van der Waals surface area contributed by atoms with Gasteiger partial charge in [-0.05, 0) is 54.8 Å². The van der Waals surface area contributed by atoms with Crippen LogP contribution in [0.1, 0.15) is 12.0 Å². The number of fused-ring (bicyclic) bond motifs is 1. The van der Waals surface area contributed by atoms with Gasteiger partial charge in [0.15, 0.2) is 0 Å². The topological polar surface area (TPSA) is 58.4 Å². The molecular weight excluding hydrogens is 344 g/mol. The van der Waals surface area contributed by atoms with Gasteiger partial charge in [-0.3, -0.25) is 4.79 Å². The molecule has 3 rings (SSSR count). The molecule has 4 nitrogen and oxygen atoms in total. The summed E-state index contributed by atoms with van der Waals surface area (Å²) in [7, 11) is 0. The van der Waals surface area contributed by atoms with E-state index in [0.717, 1.165) is 36.3 Å². The molecule has 2 aromatic rings. The molecule has 1 amide bonds. The summed E-state index contributed by atoms with van der Waals surface area (Å²) in [5.74, 6) is -2.60. The molecule has 0 fully saturated rings. The summed E-state index contributed by atoms with van der Waals surface area (Å²) >= 11 is 0.482. The number of carbonyl (C=O) groups excluding carboxylic acids is 1. The zero-order valence-electron chi connectivity index (χ0n) is 13.5. The van der Waals surface area contributed by atoms with Crippen molar-refractivity contribution in [3.8, 4) is 0 Å². The number of alkyl halides is 2. The van der Waals surface area contributed by atoms with E-state index in [4.69, 9.17) is 5.73 Å². The van der Waals surface area contributed by atoms with Crippen LogP contribution in [0.15, 0.2) is 47.4 Å². The van der Waals surface area contributed by atoms with Crippen molar-refractivity contribution in [2.45, 2.75) is 23.5 Å². The first kappa shape index (κ1) is 17.5. The first-order valence-electron chi connectivity index (χ1n) is 8.00. The summed E-state index contributed by atoms with van der Waals surface area (Å²) in [4.78, 5) is 14.8. The predicted octanol–water partition coefficient (Wildman–Crippen LogP) is 3.97. The first-order chi connectivity index (χ1) is 12.0. The summed E-state index contributed by atoms with van der Waals surface area (Å²) in [5, 5.41) is 2.81. The van der Waals surface area contributed by atoms with Crippen molar-refractivity contribution < 1.29 is 13.6 Å². The number of hydrogen-bond donors (Lipinski definition) is 2. The molecule has 1 aliphatic rings. The molecule has 0 atom stereocenters. The standard InChI is InChI=1S/C18H19F2N3OS/c19-18(20)25-13-8-6-12(7-9-13)22-17(24)11-23-10-2-3-14-15(21)4-1-5-16(14)23/h1,4-9,18H,2-3,10-11,21H2,(H,22,24). The second-order valence-electron chi connectivity index (χ2n) is 5.82. The molecule has 0 unspecified atom stereocenters. The quantitative estimate of drug-likeness (QED) is 0.623. The Morgan fingerprint density at radius 2 is 2.00 bits per heavy atom. The van der Waals surface area contributed by atoms with E-state index in [1.807, 2.05) is 23.1 Å². The minimum Gasteiger partial charge on any atom is -0.398 e. The zero-order chi connectivity index (χ0) is 17.8. The Morgan fingerprint density at radius 1 is 1.24 bits per heavy atom. The molecule has 1 heterocycles. The number of nitrogen functional groups attached to an aromatic ring is 1. The highest BCUT2D eigenvalue weighted by molar-refractivity contribution is 7.99. The molecule has 0 radical (unpaired) electrons. The lowest BCUT2D eigenvalue weighted by atomic mass is 10.00. The number of nitrogens with zero attached hydrogens (tertiary/aromatic N) is 1. The van der Waals surface area contributed by atoms with E-state index < -0.39 is 5.76 Å². The van der Waals surface area contributed by atoms with Crippen LogP contribution in [0.4, 0.5) is 25.8 Å². The molecule has 25 heavy (non-hydrogen) atoms. The van der Waals surface area contributed by atoms with Gasteiger partial charge in [0, 0.05) is 28.5 Å². The zero-order valence-corrected chi connectivity index (χ0v) is 14.4. The van der Waals surface area contributed by atoms with E-state index in [1.54, 1.807) is 24.3 Å². The molecule has 3 N–H and O–H groups in total. The fourth-order valence-electron chi connectivity index (χ4n) is 2.99. The van der Waals surface area contributed by atoms with E-state index in [0.29, 0.717) is 22.3 Å². The third-order valence-electron chi connectivity index (χ3n) is 4.08. The number of anilines is 3. The van der Waals surface area contributed by atoms with Crippen molar-refractivity contribution in [2.24, 2.45) is 0 Å². The monoisotopic (exact) mass is 363 g/mol. The SMILES string of the molecule is Nc1cccc2c1CCCN2CC(=O)Nc1ccc(SC(F)F)cc1. The molecule has 132 valence electrons. The Balaban J connectivity index is 1.63. The Morgan fingerprint density at radius 3 is 2.72 bits per heavy atom. The van der Waals surface area contributed by atoms with E-state index in [-0.39, 0.29) is 12.5 Å². The van der Waals surface area contributed by atoms with Gasteiger partial charge in [-0.25, -0.2) is 0 Å². The number of nitrogens with one attached hydrogen (secondary N) is 1. The van der Waals surface area contributed by atoms with Crippen molar-refractivity contribution in [1.82, 2.24) is 0 Å². The van der Waals surface area contributed by atoms with Gasteiger partial charge in [-0.15, -0.1) is 0 Å². The van der Waals surface area contributed by atoms with Crippen molar-refractivity contribution in [1.29, 1.82) is 0 Å². The predicted molar refractivity (Wildman–Crippen MR) is 98.3 cm³/mol. The molecule has 2 aromatic carbocycles. The van der Waals surface area contributed by atoms with Crippen LogP contribution in [-0.2, 0) is 11.2 Å². The molecule has 0 saturated heterocycles. The molecule has 1 aliphatic heterocycles. The highest BCUT2D eigenvalue weighted by Crippen LogP contribution is 2.31. The van der Waals surface area contributed by atoms with Gasteiger partial charge in [0.1, 0.15) is 0 Å². The first-order valence-corrected chi connectivity index (χ1v) is 8.88. The van der Waals surface area contributed by atoms with Gasteiger partial charge >= 0.3 is 0 Å². The molecule has 0 spiro atoms. The summed E-state index contributed by atoms with van der Waals surface area (Å²) in [6, 6.07) is 12.2. The maximum absolute atomic E-state index is 12.3. The van der Waals surface area contributed by atoms with Crippen molar-refractivity contribution >= 4 is 34.7 Å². The second kappa shape index (κ2) is 7.74. The van der Waals surface area contributed by atoms with E-state index >= 15 is 0 Å². The van der Waals surface area contributed by atoms with Crippen LogP contribution in [0.25, 0.3) is 0 Å². The minimum atomic E-state index is -2.45. The van der Waals surface area contributed by atoms with E-state index in [2.05, 4.69) is 5.32 Å². The molecule has 7 heteroatoms. The smallest absolute Gasteiger partial charge is 0.288 e. The van der Waals surface area contributed by atoms with Crippen LogP contribution < -0.4 is 16.0 Å². The van der Waals surface area contributed by atoms with Crippen molar-refractivity contribution in [2.75, 3.05) is 29.0 Å². The number of carbonyl (C=O) groups is 1. The van der Waals surface area contributed by atoms with Crippen molar-refractivity contribution in [3.63, 3.8) is 0 Å². The van der Waals surface area contributed by atoms with Gasteiger partial charge in [-0.2, -0.15) is 8.78 Å². The Bertz CT molecular complexity index is 752.